The third kappa shape index (κ3) is 4.41. The van der Waals surface area contributed by atoms with E-state index < -0.39 is 23.5 Å². The fourth-order valence-corrected chi connectivity index (χ4v) is 3.82. The molecule has 0 aromatic heterocycles. The van der Waals surface area contributed by atoms with Crippen LogP contribution in [-0.2, 0) is 23.9 Å². The van der Waals surface area contributed by atoms with Crippen molar-refractivity contribution in [3.8, 4) is 0 Å². The number of para-hydroxylation sites is 1. The van der Waals surface area contributed by atoms with E-state index in [2.05, 4.69) is 10.4 Å². The average Bonchev–Trinajstić information content (AvgIpc) is 3.37. The minimum Gasteiger partial charge on any atom is -0.464 e. The maximum absolute atomic E-state index is 13.2. The Morgan fingerprint density at radius 1 is 1.10 bits per heavy atom. The van der Waals surface area contributed by atoms with Gasteiger partial charge in [0.1, 0.15) is 17.3 Å². The van der Waals surface area contributed by atoms with E-state index in [1.165, 1.54) is 5.01 Å². The number of nitrogens with zero attached hydrogens (tertiary/aromatic N) is 2. The van der Waals surface area contributed by atoms with E-state index in [0.29, 0.717) is 18.5 Å². The Balaban J connectivity index is 1.84. The van der Waals surface area contributed by atoms with Crippen LogP contribution in [0.4, 0.5) is 5.69 Å². The van der Waals surface area contributed by atoms with Crippen LogP contribution in [-0.4, -0.2) is 48.4 Å². The summed E-state index contributed by atoms with van der Waals surface area (Å²) in [6, 6.07) is 8.41. The number of nitrogens with one attached hydrogen (secondary N) is 1. The van der Waals surface area contributed by atoms with E-state index in [9.17, 15) is 14.4 Å². The van der Waals surface area contributed by atoms with Gasteiger partial charge >= 0.3 is 11.9 Å². The molecule has 3 rings (SSSR count). The topological polar surface area (TPSA) is 97.3 Å². The summed E-state index contributed by atoms with van der Waals surface area (Å²) in [6.45, 7) is 3.95. The maximum Gasteiger partial charge on any atom is 0.354 e. The molecule has 0 radical (unpaired) electrons. The summed E-state index contributed by atoms with van der Waals surface area (Å²) in [4.78, 5) is 38.0. The Bertz CT molecular complexity index is 787. The summed E-state index contributed by atoms with van der Waals surface area (Å²) >= 11 is 0. The molecule has 1 unspecified atom stereocenters. The lowest BCUT2D eigenvalue weighted by Crippen LogP contribution is -2.57. The number of ether oxygens (including phenoxy) is 2. The van der Waals surface area contributed by atoms with Gasteiger partial charge in [0.05, 0.1) is 18.9 Å². The first-order chi connectivity index (χ1) is 14.0. The summed E-state index contributed by atoms with van der Waals surface area (Å²) in [5, 5.41) is 8.81. The van der Waals surface area contributed by atoms with Crippen molar-refractivity contribution in [3.05, 3.63) is 30.3 Å². The number of carbonyl (C=O) groups is 3. The number of hydrazone groups is 1. The van der Waals surface area contributed by atoms with Crippen LogP contribution in [0.15, 0.2) is 35.4 Å². The van der Waals surface area contributed by atoms with Gasteiger partial charge in [0.15, 0.2) is 0 Å². The van der Waals surface area contributed by atoms with Gasteiger partial charge in [-0.25, -0.2) is 9.59 Å². The number of hydrogen-bond acceptors (Lipinski definition) is 7. The standard InChI is InChI=1S/C21H27N3O5/c1-3-28-19(26)16-14-17(24(23-16)15-10-6-5-7-11-15)18(25)22-21(12-8-9-13-21)20(27)29-4-2/h5-7,10-11,17H,3-4,8-9,12-14H2,1-2H3,(H,22,25). The molecule has 0 saturated heterocycles. The zero-order valence-electron chi connectivity index (χ0n) is 16.8. The van der Waals surface area contributed by atoms with Crippen molar-refractivity contribution in [3.63, 3.8) is 0 Å². The van der Waals surface area contributed by atoms with Gasteiger partial charge < -0.3 is 14.8 Å². The monoisotopic (exact) mass is 401 g/mol. The molecule has 0 spiro atoms. The lowest BCUT2D eigenvalue weighted by molar-refractivity contribution is -0.153. The fraction of sp³-hybridized carbons (Fsp3) is 0.524. The first-order valence-electron chi connectivity index (χ1n) is 10.1. The molecule has 1 amide bonds. The van der Waals surface area contributed by atoms with Crippen molar-refractivity contribution in [2.45, 2.75) is 57.5 Å². The number of benzene rings is 1. The third-order valence-electron chi connectivity index (χ3n) is 5.23. The second-order valence-corrected chi connectivity index (χ2v) is 7.17. The molecule has 29 heavy (non-hydrogen) atoms. The zero-order chi connectivity index (χ0) is 20.9. The SMILES string of the molecule is CCOC(=O)C1=NN(c2ccccc2)C(C(=O)NC2(C(=O)OCC)CCCC2)C1. The summed E-state index contributed by atoms with van der Waals surface area (Å²) < 4.78 is 10.3. The van der Waals surface area contributed by atoms with E-state index >= 15 is 0 Å². The molecule has 1 aliphatic carbocycles. The number of rotatable bonds is 7. The van der Waals surface area contributed by atoms with Crippen LogP contribution in [0, 0.1) is 0 Å². The Labute approximate surface area is 170 Å². The molecular formula is C21H27N3O5. The average molecular weight is 401 g/mol. The molecule has 1 saturated carbocycles. The zero-order valence-corrected chi connectivity index (χ0v) is 16.8. The molecule has 1 aliphatic heterocycles. The Kier molecular flexibility index (Phi) is 6.51. The van der Waals surface area contributed by atoms with Crippen molar-refractivity contribution in [1.29, 1.82) is 0 Å². The molecule has 1 N–H and O–H groups in total. The van der Waals surface area contributed by atoms with Gasteiger partial charge in [0, 0.05) is 6.42 Å². The van der Waals surface area contributed by atoms with Crippen molar-refractivity contribution < 1.29 is 23.9 Å². The highest BCUT2D eigenvalue weighted by molar-refractivity contribution is 6.38. The summed E-state index contributed by atoms with van der Waals surface area (Å²) in [5.74, 6) is -1.29. The highest BCUT2D eigenvalue weighted by Crippen LogP contribution is 2.32. The molecule has 1 fully saturated rings. The van der Waals surface area contributed by atoms with Crippen LogP contribution in [0.2, 0.25) is 0 Å². The highest BCUT2D eigenvalue weighted by Gasteiger charge is 2.47. The predicted octanol–water partition coefficient (Wildman–Crippen LogP) is 2.18. The molecule has 8 nitrogen and oxygen atoms in total. The molecule has 0 bridgehead atoms. The summed E-state index contributed by atoms with van der Waals surface area (Å²) in [5.41, 5.74) is -0.140. The van der Waals surface area contributed by atoms with Gasteiger partial charge in [-0.15, -0.1) is 0 Å². The van der Waals surface area contributed by atoms with Crippen molar-refractivity contribution >= 4 is 29.2 Å². The van der Waals surface area contributed by atoms with Gasteiger partial charge in [-0.3, -0.25) is 9.80 Å². The van der Waals surface area contributed by atoms with E-state index in [4.69, 9.17) is 9.47 Å². The highest BCUT2D eigenvalue weighted by atomic mass is 16.5. The van der Waals surface area contributed by atoms with Crippen LogP contribution < -0.4 is 10.3 Å². The number of anilines is 1. The second kappa shape index (κ2) is 9.07. The second-order valence-electron chi connectivity index (χ2n) is 7.17. The van der Waals surface area contributed by atoms with Crippen LogP contribution >= 0.6 is 0 Å². The molecule has 156 valence electrons. The fourth-order valence-electron chi connectivity index (χ4n) is 3.82. The molecule has 1 aromatic carbocycles. The van der Waals surface area contributed by atoms with Gasteiger partial charge in [0.25, 0.3) is 0 Å². The first-order valence-corrected chi connectivity index (χ1v) is 10.1. The maximum atomic E-state index is 13.2. The Hall–Kier alpha value is -2.90. The molecule has 1 heterocycles. The van der Waals surface area contributed by atoms with E-state index in [1.807, 2.05) is 30.3 Å². The first kappa shape index (κ1) is 20.8. The van der Waals surface area contributed by atoms with Crippen LogP contribution in [0.3, 0.4) is 0 Å². The number of amides is 1. The van der Waals surface area contributed by atoms with Gasteiger partial charge in [-0.1, -0.05) is 31.0 Å². The molecule has 8 heteroatoms. The van der Waals surface area contributed by atoms with E-state index in [0.717, 1.165) is 12.8 Å². The van der Waals surface area contributed by atoms with Crippen molar-refractivity contribution in [1.82, 2.24) is 5.32 Å². The molecule has 1 atom stereocenters. The number of hydrogen-bond donors (Lipinski definition) is 1. The smallest absolute Gasteiger partial charge is 0.354 e. The Morgan fingerprint density at radius 3 is 2.38 bits per heavy atom. The minimum atomic E-state index is -1.01. The van der Waals surface area contributed by atoms with Crippen LogP contribution in [0.25, 0.3) is 0 Å². The molecular weight excluding hydrogens is 374 g/mol. The lowest BCUT2D eigenvalue weighted by Gasteiger charge is -2.31. The van der Waals surface area contributed by atoms with Crippen LogP contribution in [0.1, 0.15) is 46.0 Å². The predicted molar refractivity (Wildman–Crippen MR) is 107 cm³/mol. The van der Waals surface area contributed by atoms with Gasteiger partial charge in [0.2, 0.25) is 5.91 Å². The molecule has 1 aromatic rings. The van der Waals surface area contributed by atoms with E-state index in [1.54, 1.807) is 13.8 Å². The van der Waals surface area contributed by atoms with Crippen molar-refractivity contribution in [2.24, 2.45) is 5.10 Å². The quantitative estimate of drug-likeness (QED) is 0.704. The normalized spacial score (nSPS) is 20.1. The summed E-state index contributed by atoms with van der Waals surface area (Å²) in [7, 11) is 0. The lowest BCUT2D eigenvalue weighted by atomic mass is 9.96. The summed E-state index contributed by atoms with van der Waals surface area (Å²) in [6.07, 6.45) is 2.88. The van der Waals surface area contributed by atoms with Crippen LogP contribution in [0.5, 0.6) is 0 Å². The number of esters is 2. The van der Waals surface area contributed by atoms with E-state index in [-0.39, 0.29) is 31.3 Å². The van der Waals surface area contributed by atoms with Gasteiger partial charge in [-0.05, 0) is 38.8 Å². The Morgan fingerprint density at radius 2 is 1.76 bits per heavy atom. The third-order valence-corrected chi connectivity index (χ3v) is 5.23. The minimum absolute atomic E-state index is 0.110. The van der Waals surface area contributed by atoms with Crippen molar-refractivity contribution in [2.75, 3.05) is 18.2 Å². The largest absolute Gasteiger partial charge is 0.464 e. The number of carbonyl (C=O) groups excluding carboxylic acids is 3. The molecule has 2 aliphatic rings. The van der Waals surface area contributed by atoms with Gasteiger partial charge in [-0.2, -0.15) is 5.10 Å².